The average Bonchev–Trinajstić information content (AvgIpc) is 2.31. The summed E-state index contributed by atoms with van der Waals surface area (Å²) in [5, 5.41) is 2.97. The number of aromatic nitrogens is 1. The third-order valence-corrected chi connectivity index (χ3v) is 2.23. The van der Waals surface area contributed by atoms with E-state index in [1.165, 1.54) is 0 Å². The van der Waals surface area contributed by atoms with Gasteiger partial charge < -0.3 is 11.1 Å². The van der Waals surface area contributed by atoms with E-state index in [1.54, 1.807) is 0 Å². The van der Waals surface area contributed by atoms with Crippen LogP contribution >= 0.6 is 0 Å². The molecule has 0 amide bonds. The van der Waals surface area contributed by atoms with Crippen LogP contribution < -0.4 is 11.1 Å². The number of anilines is 2. The van der Waals surface area contributed by atoms with Gasteiger partial charge in [-0.25, -0.2) is 4.98 Å². The molecule has 0 fully saturated rings. The van der Waals surface area contributed by atoms with Crippen LogP contribution in [-0.4, -0.2) is 12.0 Å². The second-order valence-corrected chi connectivity index (χ2v) is 3.25. The van der Waals surface area contributed by atoms with Crippen LogP contribution in [0.25, 0.3) is 11.3 Å². The van der Waals surface area contributed by atoms with Crippen LogP contribution in [-0.2, 0) is 0 Å². The first-order chi connectivity index (χ1) is 7.31. The molecule has 1 aromatic heterocycles. The molecule has 2 aromatic rings. The molecule has 76 valence electrons. The van der Waals surface area contributed by atoms with Gasteiger partial charge in [-0.05, 0) is 12.1 Å². The van der Waals surface area contributed by atoms with Crippen LogP contribution in [0, 0.1) is 0 Å². The molecule has 0 aliphatic rings. The average molecular weight is 199 g/mol. The van der Waals surface area contributed by atoms with Crippen LogP contribution in [0.15, 0.2) is 42.5 Å². The summed E-state index contributed by atoms with van der Waals surface area (Å²) in [6, 6.07) is 13.8. The Morgan fingerprint density at radius 1 is 1.07 bits per heavy atom. The number of benzene rings is 1. The molecule has 0 atom stereocenters. The molecule has 0 unspecified atom stereocenters. The van der Waals surface area contributed by atoms with Gasteiger partial charge in [0.1, 0.15) is 5.82 Å². The van der Waals surface area contributed by atoms with E-state index in [1.807, 2.05) is 49.5 Å². The van der Waals surface area contributed by atoms with Crippen molar-refractivity contribution in [3.05, 3.63) is 42.5 Å². The number of nitrogens with zero attached hydrogens (tertiary/aromatic N) is 1. The molecule has 0 aliphatic carbocycles. The largest absolute Gasteiger partial charge is 0.396 e. The Kier molecular flexibility index (Phi) is 2.54. The van der Waals surface area contributed by atoms with E-state index in [0.29, 0.717) is 5.69 Å². The maximum Gasteiger partial charge on any atom is 0.149 e. The van der Waals surface area contributed by atoms with E-state index in [-0.39, 0.29) is 0 Å². The highest BCUT2D eigenvalue weighted by atomic mass is 15.0. The topological polar surface area (TPSA) is 50.9 Å². The highest BCUT2D eigenvalue weighted by molar-refractivity contribution is 5.68. The number of nitrogens with one attached hydrogen (secondary N) is 1. The van der Waals surface area contributed by atoms with E-state index in [0.717, 1.165) is 17.1 Å². The van der Waals surface area contributed by atoms with Gasteiger partial charge in [-0.3, -0.25) is 0 Å². The van der Waals surface area contributed by atoms with E-state index < -0.39 is 0 Å². The highest BCUT2D eigenvalue weighted by Gasteiger charge is 2.02. The zero-order chi connectivity index (χ0) is 10.7. The van der Waals surface area contributed by atoms with Crippen LogP contribution in [0.5, 0.6) is 0 Å². The summed E-state index contributed by atoms with van der Waals surface area (Å²) >= 11 is 0. The molecule has 0 spiro atoms. The molecule has 0 saturated carbocycles. The number of nitrogen functional groups attached to an aromatic ring is 1. The zero-order valence-electron chi connectivity index (χ0n) is 8.57. The Morgan fingerprint density at radius 2 is 1.80 bits per heavy atom. The van der Waals surface area contributed by atoms with Crippen molar-refractivity contribution in [3.63, 3.8) is 0 Å². The van der Waals surface area contributed by atoms with Gasteiger partial charge in [0, 0.05) is 12.6 Å². The molecule has 15 heavy (non-hydrogen) atoms. The molecule has 3 nitrogen and oxygen atoms in total. The molecule has 1 heterocycles. The Labute approximate surface area is 89.0 Å². The van der Waals surface area contributed by atoms with Crippen molar-refractivity contribution in [2.24, 2.45) is 0 Å². The Morgan fingerprint density at radius 3 is 2.47 bits per heavy atom. The Bertz CT molecular complexity index is 452. The van der Waals surface area contributed by atoms with E-state index in [2.05, 4.69) is 10.3 Å². The van der Waals surface area contributed by atoms with Gasteiger partial charge in [0.15, 0.2) is 0 Å². The van der Waals surface area contributed by atoms with Gasteiger partial charge in [0.25, 0.3) is 0 Å². The third-order valence-electron chi connectivity index (χ3n) is 2.23. The quantitative estimate of drug-likeness (QED) is 0.780. The summed E-state index contributed by atoms with van der Waals surface area (Å²) in [5.74, 6) is 0.719. The molecule has 0 aliphatic heterocycles. The summed E-state index contributed by atoms with van der Waals surface area (Å²) in [6.07, 6.45) is 0. The summed E-state index contributed by atoms with van der Waals surface area (Å²) < 4.78 is 0. The molecular formula is C12H13N3. The second kappa shape index (κ2) is 4.00. The fourth-order valence-corrected chi connectivity index (χ4v) is 1.44. The minimum absolute atomic E-state index is 0.664. The van der Waals surface area contributed by atoms with E-state index in [4.69, 9.17) is 5.73 Å². The third kappa shape index (κ3) is 1.91. The molecule has 0 saturated heterocycles. The van der Waals surface area contributed by atoms with Crippen molar-refractivity contribution in [1.29, 1.82) is 0 Å². The summed E-state index contributed by atoms with van der Waals surface area (Å²) in [7, 11) is 1.81. The first kappa shape index (κ1) is 9.52. The second-order valence-electron chi connectivity index (χ2n) is 3.25. The molecule has 3 heteroatoms. The number of hydrogen-bond donors (Lipinski definition) is 2. The lowest BCUT2D eigenvalue weighted by atomic mass is 10.1. The minimum atomic E-state index is 0.664. The van der Waals surface area contributed by atoms with E-state index >= 15 is 0 Å². The molecule has 1 aromatic carbocycles. The lowest BCUT2D eigenvalue weighted by Gasteiger charge is -2.06. The number of hydrogen-bond acceptors (Lipinski definition) is 3. The summed E-state index contributed by atoms with van der Waals surface area (Å²) in [4.78, 5) is 4.42. The van der Waals surface area contributed by atoms with Crippen LogP contribution in [0.3, 0.4) is 0 Å². The first-order valence-corrected chi connectivity index (χ1v) is 4.81. The molecule has 2 rings (SSSR count). The van der Waals surface area contributed by atoms with Crippen molar-refractivity contribution in [1.82, 2.24) is 4.98 Å². The van der Waals surface area contributed by atoms with Gasteiger partial charge in [-0.2, -0.15) is 0 Å². The van der Waals surface area contributed by atoms with Gasteiger partial charge in [0.05, 0.1) is 11.4 Å². The number of pyridine rings is 1. The molecule has 3 N–H and O–H groups in total. The molecule has 0 bridgehead atoms. The lowest BCUT2D eigenvalue weighted by Crippen LogP contribution is -1.99. The predicted octanol–water partition coefficient (Wildman–Crippen LogP) is 2.37. The van der Waals surface area contributed by atoms with Gasteiger partial charge in [-0.1, -0.05) is 30.3 Å². The van der Waals surface area contributed by atoms with E-state index in [9.17, 15) is 0 Å². The van der Waals surface area contributed by atoms with Crippen LogP contribution in [0.4, 0.5) is 11.5 Å². The van der Waals surface area contributed by atoms with Crippen molar-refractivity contribution in [2.45, 2.75) is 0 Å². The smallest absolute Gasteiger partial charge is 0.149 e. The minimum Gasteiger partial charge on any atom is -0.396 e. The van der Waals surface area contributed by atoms with Crippen molar-refractivity contribution >= 4 is 11.5 Å². The van der Waals surface area contributed by atoms with Crippen molar-refractivity contribution < 1.29 is 0 Å². The van der Waals surface area contributed by atoms with Crippen molar-refractivity contribution in [2.75, 3.05) is 18.1 Å². The lowest BCUT2D eigenvalue weighted by molar-refractivity contribution is 1.29. The number of rotatable bonds is 2. The first-order valence-electron chi connectivity index (χ1n) is 4.81. The zero-order valence-corrected chi connectivity index (χ0v) is 8.57. The maximum atomic E-state index is 5.75. The molecule has 0 radical (unpaired) electrons. The van der Waals surface area contributed by atoms with Gasteiger partial charge in [-0.15, -0.1) is 0 Å². The predicted molar refractivity (Wildman–Crippen MR) is 63.6 cm³/mol. The highest BCUT2D eigenvalue weighted by Crippen LogP contribution is 2.22. The van der Waals surface area contributed by atoms with Crippen LogP contribution in [0.2, 0.25) is 0 Å². The van der Waals surface area contributed by atoms with Crippen LogP contribution in [0.1, 0.15) is 0 Å². The summed E-state index contributed by atoms with van der Waals surface area (Å²) in [6.45, 7) is 0. The van der Waals surface area contributed by atoms with Gasteiger partial charge in [0.2, 0.25) is 0 Å². The Balaban J connectivity index is 2.46. The van der Waals surface area contributed by atoms with Gasteiger partial charge >= 0.3 is 0 Å². The normalized spacial score (nSPS) is 9.93. The standard InChI is InChI=1S/C12H13N3/c1-14-12-10(13)7-8-11(15-12)9-5-3-2-4-6-9/h2-8H,13H2,1H3,(H,14,15). The van der Waals surface area contributed by atoms with Crippen molar-refractivity contribution in [3.8, 4) is 11.3 Å². The Hall–Kier alpha value is -2.03. The fraction of sp³-hybridized carbons (Fsp3) is 0.0833. The number of nitrogens with two attached hydrogens (primary N) is 1. The molecular weight excluding hydrogens is 186 g/mol. The monoisotopic (exact) mass is 199 g/mol. The summed E-state index contributed by atoms with van der Waals surface area (Å²) in [5.41, 5.74) is 8.43. The SMILES string of the molecule is CNc1nc(-c2ccccc2)ccc1N. The maximum absolute atomic E-state index is 5.75. The fourth-order valence-electron chi connectivity index (χ4n) is 1.44.